The van der Waals surface area contributed by atoms with Crippen molar-refractivity contribution in [3.05, 3.63) is 35.9 Å². The molecule has 2 N–H and O–H groups in total. The molecule has 0 aliphatic carbocycles. The number of carbonyl (C=O) groups is 3. The summed E-state index contributed by atoms with van der Waals surface area (Å²) >= 11 is 0. The fourth-order valence-corrected chi connectivity index (χ4v) is 1.82. The first-order chi connectivity index (χ1) is 11.7. The average molecular weight is 345 g/mol. The fourth-order valence-electron chi connectivity index (χ4n) is 1.82. The Bertz CT molecular complexity index is 667. The van der Waals surface area contributed by atoms with Crippen molar-refractivity contribution in [2.24, 2.45) is 5.92 Å². The quantitative estimate of drug-likeness (QED) is 0.726. The number of amides is 2. The molecular formula is C18H23N3O4. The van der Waals surface area contributed by atoms with E-state index in [0.717, 1.165) is 0 Å². The Hall–Kier alpha value is -2.88. The van der Waals surface area contributed by atoms with Crippen molar-refractivity contribution >= 4 is 17.8 Å². The lowest BCUT2D eigenvalue weighted by molar-refractivity contribution is -0.150. The average Bonchev–Trinajstić information content (AvgIpc) is 2.59. The predicted octanol–water partition coefficient (Wildman–Crippen LogP) is 1.40. The number of ether oxygens (including phenoxy) is 1. The summed E-state index contributed by atoms with van der Waals surface area (Å²) in [6, 6.07) is 9.57. The second kappa shape index (κ2) is 8.83. The maximum Gasteiger partial charge on any atom is 0.328 e. The van der Waals surface area contributed by atoms with Crippen LogP contribution in [0.4, 0.5) is 0 Å². The Balaban J connectivity index is 2.49. The van der Waals surface area contributed by atoms with E-state index in [0.29, 0.717) is 5.56 Å². The molecule has 0 aliphatic rings. The molecule has 0 aromatic heterocycles. The lowest BCUT2D eigenvalue weighted by Crippen LogP contribution is -2.50. The summed E-state index contributed by atoms with van der Waals surface area (Å²) < 4.78 is 4.90. The Morgan fingerprint density at radius 2 is 1.80 bits per heavy atom. The molecule has 0 spiro atoms. The van der Waals surface area contributed by atoms with Crippen LogP contribution in [-0.2, 0) is 14.3 Å². The second-order valence-corrected chi connectivity index (χ2v) is 6.19. The number of nitrogens with zero attached hydrogens (tertiary/aromatic N) is 1. The third-order valence-electron chi connectivity index (χ3n) is 3.87. The highest BCUT2D eigenvalue weighted by Crippen LogP contribution is 2.14. The van der Waals surface area contributed by atoms with Crippen LogP contribution in [0.3, 0.4) is 0 Å². The van der Waals surface area contributed by atoms with Gasteiger partial charge in [-0.2, -0.15) is 5.26 Å². The highest BCUT2D eigenvalue weighted by Gasteiger charge is 2.30. The van der Waals surface area contributed by atoms with E-state index in [2.05, 4.69) is 10.6 Å². The molecule has 1 aromatic rings. The zero-order valence-corrected chi connectivity index (χ0v) is 14.8. The molecule has 0 heterocycles. The molecule has 134 valence electrons. The van der Waals surface area contributed by atoms with Gasteiger partial charge in [0.05, 0.1) is 6.07 Å². The molecule has 0 saturated carbocycles. The van der Waals surface area contributed by atoms with Gasteiger partial charge in [0.15, 0.2) is 6.61 Å². The number of carbonyl (C=O) groups excluding carboxylic acids is 3. The van der Waals surface area contributed by atoms with Gasteiger partial charge in [-0.25, -0.2) is 4.79 Å². The van der Waals surface area contributed by atoms with E-state index in [-0.39, 0.29) is 5.92 Å². The van der Waals surface area contributed by atoms with Gasteiger partial charge in [-0.05, 0) is 31.9 Å². The first-order valence-electron chi connectivity index (χ1n) is 7.94. The molecule has 2 atom stereocenters. The third-order valence-corrected chi connectivity index (χ3v) is 3.87. The molecule has 0 unspecified atom stereocenters. The topological polar surface area (TPSA) is 108 Å². The fraction of sp³-hybridized carbons (Fsp3) is 0.444. The minimum absolute atomic E-state index is 0.110. The SMILES string of the molecule is CC(C)[C@@](C)(C#N)NC(=O)COC(=O)[C@H](C)NC(=O)c1ccccc1. The van der Waals surface area contributed by atoms with Crippen molar-refractivity contribution in [2.75, 3.05) is 6.61 Å². The molecule has 0 aliphatic heterocycles. The number of benzene rings is 1. The number of esters is 1. The van der Waals surface area contributed by atoms with Crippen molar-refractivity contribution in [1.29, 1.82) is 5.26 Å². The van der Waals surface area contributed by atoms with Crippen molar-refractivity contribution < 1.29 is 19.1 Å². The summed E-state index contributed by atoms with van der Waals surface area (Å²) in [5.41, 5.74) is -0.627. The first-order valence-corrected chi connectivity index (χ1v) is 7.94. The molecule has 0 radical (unpaired) electrons. The maximum atomic E-state index is 12.0. The van der Waals surface area contributed by atoms with Gasteiger partial charge < -0.3 is 15.4 Å². The molecular weight excluding hydrogens is 322 g/mol. The van der Waals surface area contributed by atoms with E-state index in [9.17, 15) is 14.4 Å². The minimum Gasteiger partial charge on any atom is -0.454 e. The van der Waals surface area contributed by atoms with E-state index < -0.39 is 36.0 Å². The van der Waals surface area contributed by atoms with E-state index in [1.165, 1.54) is 6.92 Å². The molecule has 7 nitrogen and oxygen atoms in total. The monoisotopic (exact) mass is 345 g/mol. The van der Waals surface area contributed by atoms with Crippen LogP contribution < -0.4 is 10.6 Å². The van der Waals surface area contributed by atoms with Crippen LogP contribution in [0.2, 0.25) is 0 Å². The first kappa shape index (κ1) is 20.2. The highest BCUT2D eigenvalue weighted by molar-refractivity contribution is 5.96. The van der Waals surface area contributed by atoms with E-state index in [4.69, 9.17) is 10.00 Å². The standard InChI is InChI=1S/C18H23N3O4/c1-12(2)18(4,11-19)21-15(22)10-25-17(24)13(3)20-16(23)14-8-6-5-7-9-14/h5-9,12-13H,10H2,1-4H3,(H,20,23)(H,21,22)/t13-,18+/m0/s1. The van der Waals surface area contributed by atoms with Gasteiger partial charge >= 0.3 is 5.97 Å². The number of nitriles is 1. The Kier molecular flexibility index (Phi) is 7.12. The van der Waals surface area contributed by atoms with Crippen LogP contribution >= 0.6 is 0 Å². The maximum absolute atomic E-state index is 12.0. The largest absolute Gasteiger partial charge is 0.454 e. The molecule has 1 aromatic carbocycles. The highest BCUT2D eigenvalue weighted by atomic mass is 16.5. The number of hydrogen-bond donors (Lipinski definition) is 2. The van der Waals surface area contributed by atoms with Crippen molar-refractivity contribution in [1.82, 2.24) is 10.6 Å². The van der Waals surface area contributed by atoms with Crippen LogP contribution in [0, 0.1) is 17.2 Å². The van der Waals surface area contributed by atoms with E-state index >= 15 is 0 Å². The normalized spacial score (nSPS) is 13.9. The Morgan fingerprint density at radius 1 is 1.20 bits per heavy atom. The minimum atomic E-state index is -1.05. The predicted molar refractivity (Wildman–Crippen MR) is 91.3 cm³/mol. The van der Waals surface area contributed by atoms with Gasteiger partial charge in [0.2, 0.25) is 0 Å². The van der Waals surface area contributed by atoms with Gasteiger partial charge in [-0.3, -0.25) is 9.59 Å². The van der Waals surface area contributed by atoms with E-state index in [1.807, 2.05) is 6.07 Å². The van der Waals surface area contributed by atoms with Gasteiger partial charge in [-0.1, -0.05) is 32.0 Å². The molecule has 7 heteroatoms. The van der Waals surface area contributed by atoms with Crippen molar-refractivity contribution in [3.8, 4) is 6.07 Å². The van der Waals surface area contributed by atoms with Crippen LogP contribution in [0.1, 0.15) is 38.1 Å². The van der Waals surface area contributed by atoms with Crippen LogP contribution in [0.25, 0.3) is 0 Å². The summed E-state index contributed by atoms with van der Waals surface area (Å²) in [6.45, 7) is 6.15. The summed E-state index contributed by atoms with van der Waals surface area (Å²) in [6.07, 6.45) is 0. The lowest BCUT2D eigenvalue weighted by atomic mass is 9.90. The zero-order chi connectivity index (χ0) is 19.0. The van der Waals surface area contributed by atoms with Gasteiger partial charge in [-0.15, -0.1) is 0 Å². The third kappa shape index (κ3) is 5.92. The van der Waals surface area contributed by atoms with Gasteiger partial charge in [0.25, 0.3) is 11.8 Å². The molecule has 25 heavy (non-hydrogen) atoms. The molecule has 0 fully saturated rings. The molecule has 0 bridgehead atoms. The molecule has 1 rings (SSSR count). The molecule has 0 saturated heterocycles. The van der Waals surface area contributed by atoms with Crippen molar-refractivity contribution in [2.45, 2.75) is 39.3 Å². The van der Waals surface area contributed by atoms with Gasteiger partial charge in [0.1, 0.15) is 11.6 Å². The van der Waals surface area contributed by atoms with Crippen LogP contribution in [0.15, 0.2) is 30.3 Å². The Morgan fingerprint density at radius 3 is 2.32 bits per heavy atom. The molecule has 2 amide bonds. The van der Waals surface area contributed by atoms with E-state index in [1.54, 1.807) is 51.1 Å². The summed E-state index contributed by atoms with van der Waals surface area (Å²) in [5.74, 6) is -1.83. The summed E-state index contributed by atoms with van der Waals surface area (Å²) in [7, 11) is 0. The number of nitrogens with one attached hydrogen (secondary N) is 2. The number of rotatable bonds is 7. The Labute approximate surface area is 147 Å². The van der Waals surface area contributed by atoms with Crippen molar-refractivity contribution in [3.63, 3.8) is 0 Å². The number of hydrogen-bond acceptors (Lipinski definition) is 5. The second-order valence-electron chi connectivity index (χ2n) is 6.19. The zero-order valence-electron chi connectivity index (χ0n) is 14.8. The summed E-state index contributed by atoms with van der Waals surface area (Å²) in [4.78, 5) is 35.7. The summed E-state index contributed by atoms with van der Waals surface area (Å²) in [5, 5.41) is 14.2. The lowest BCUT2D eigenvalue weighted by Gasteiger charge is -2.27. The smallest absolute Gasteiger partial charge is 0.328 e. The van der Waals surface area contributed by atoms with Gasteiger partial charge in [0, 0.05) is 5.56 Å². The van der Waals surface area contributed by atoms with Crippen LogP contribution in [0.5, 0.6) is 0 Å². The van der Waals surface area contributed by atoms with Crippen LogP contribution in [-0.4, -0.2) is 36.0 Å².